The van der Waals surface area contributed by atoms with Crippen LogP contribution in [0, 0.1) is 0 Å². The molecule has 30 heavy (non-hydrogen) atoms. The molecule has 3 aromatic rings. The van der Waals surface area contributed by atoms with Gasteiger partial charge in [0.15, 0.2) is 0 Å². The molecule has 0 radical (unpaired) electrons. The highest BCUT2D eigenvalue weighted by atomic mass is 16.5. The maximum absolute atomic E-state index is 13.1. The molecule has 154 valence electrons. The molecule has 2 aliphatic rings. The average molecular weight is 403 g/mol. The van der Waals surface area contributed by atoms with Crippen molar-refractivity contribution in [3.05, 3.63) is 71.5 Å². The Balaban J connectivity index is 1.31. The summed E-state index contributed by atoms with van der Waals surface area (Å²) in [6.45, 7) is 1.12. The lowest BCUT2D eigenvalue weighted by Gasteiger charge is -2.19. The molecule has 0 unspecified atom stereocenters. The topological polar surface area (TPSA) is 67.6 Å². The van der Waals surface area contributed by atoms with Crippen LogP contribution in [0.5, 0.6) is 5.75 Å². The smallest absolute Gasteiger partial charge is 0.258 e. The molecule has 1 aliphatic carbocycles. The van der Waals surface area contributed by atoms with Crippen molar-refractivity contribution >= 4 is 5.91 Å². The predicted octanol–water partition coefficient (Wildman–Crippen LogP) is 3.54. The van der Waals surface area contributed by atoms with Crippen molar-refractivity contribution in [3.63, 3.8) is 0 Å². The van der Waals surface area contributed by atoms with Gasteiger partial charge in [0.25, 0.3) is 5.91 Å². The molecule has 5 rings (SSSR count). The SMILES string of the molecule is Cn1cc(-c2ccc(CN3Cc4cccc(O[C@H]5CCC[C@@H]5O)c4C3=O)cc2)cn1. The molecular formula is C24H25N3O3. The van der Waals surface area contributed by atoms with Gasteiger partial charge in [0.2, 0.25) is 0 Å². The fourth-order valence-electron chi connectivity index (χ4n) is 4.41. The Morgan fingerprint density at radius 3 is 2.67 bits per heavy atom. The molecule has 1 saturated carbocycles. The number of aliphatic hydroxyl groups is 1. The van der Waals surface area contributed by atoms with Crippen LogP contribution in [0.25, 0.3) is 11.1 Å². The number of aromatic nitrogens is 2. The number of nitrogens with zero attached hydrogens (tertiary/aromatic N) is 3. The zero-order chi connectivity index (χ0) is 20.7. The highest BCUT2D eigenvalue weighted by Crippen LogP contribution is 2.34. The summed E-state index contributed by atoms with van der Waals surface area (Å²) in [6.07, 6.45) is 5.69. The maximum Gasteiger partial charge on any atom is 0.258 e. The Morgan fingerprint density at radius 2 is 1.97 bits per heavy atom. The molecule has 2 atom stereocenters. The van der Waals surface area contributed by atoms with E-state index >= 15 is 0 Å². The third-order valence-corrected chi connectivity index (χ3v) is 6.04. The van der Waals surface area contributed by atoms with Gasteiger partial charge in [0, 0.05) is 31.9 Å². The van der Waals surface area contributed by atoms with Crippen LogP contribution >= 0.6 is 0 Å². The second kappa shape index (κ2) is 7.61. The van der Waals surface area contributed by atoms with E-state index in [2.05, 4.69) is 29.4 Å². The third kappa shape index (κ3) is 3.48. The first kappa shape index (κ1) is 18.9. The lowest BCUT2D eigenvalue weighted by atomic mass is 10.1. The molecule has 1 aliphatic heterocycles. The van der Waals surface area contributed by atoms with Crippen molar-refractivity contribution < 1.29 is 14.6 Å². The summed E-state index contributed by atoms with van der Waals surface area (Å²) < 4.78 is 7.85. The van der Waals surface area contributed by atoms with Gasteiger partial charge < -0.3 is 14.7 Å². The number of carbonyl (C=O) groups is 1. The summed E-state index contributed by atoms with van der Waals surface area (Å²) in [5, 5.41) is 14.3. The number of hydrogen-bond donors (Lipinski definition) is 1. The van der Waals surface area contributed by atoms with Gasteiger partial charge in [-0.3, -0.25) is 9.48 Å². The highest BCUT2D eigenvalue weighted by molar-refractivity contribution is 6.01. The molecule has 1 N–H and O–H groups in total. The van der Waals surface area contributed by atoms with Crippen LogP contribution in [0.1, 0.15) is 40.7 Å². The standard InChI is InChI=1S/C24H25N3O3/c1-26-14-19(12-25-26)17-10-8-16(9-11-17)13-27-15-18-4-2-7-22(23(18)24(27)29)30-21-6-3-5-20(21)28/h2,4,7-12,14,20-21,28H,3,5-6,13,15H2,1H3/t20-,21-/m0/s1. The summed E-state index contributed by atoms with van der Waals surface area (Å²) in [7, 11) is 1.90. The Bertz CT molecular complexity index is 1070. The van der Waals surface area contributed by atoms with E-state index in [1.165, 1.54) is 0 Å². The summed E-state index contributed by atoms with van der Waals surface area (Å²) in [5.74, 6) is 0.585. The fourth-order valence-corrected chi connectivity index (χ4v) is 4.41. The summed E-state index contributed by atoms with van der Waals surface area (Å²) in [4.78, 5) is 15.0. The van der Waals surface area contributed by atoms with Crippen molar-refractivity contribution in [3.8, 4) is 16.9 Å². The van der Waals surface area contributed by atoms with Crippen molar-refractivity contribution in [1.29, 1.82) is 0 Å². The van der Waals surface area contributed by atoms with Crippen molar-refractivity contribution in [2.75, 3.05) is 0 Å². The van der Waals surface area contributed by atoms with Crippen molar-refractivity contribution in [2.24, 2.45) is 7.05 Å². The Hall–Kier alpha value is -3.12. The maximum atomic E-state index is 13.1. The quantitative estimate of drug-likeness (QED) is 0.708. The number of aryl methyl sites for hydroxylation is 1. The molecule has 6 nitrogen and oxygen atoms in total. The summed E-state index contributed by atoms with van der Waals surface area (Å²) in [6, 6.07) is 14.0. The molecule has 2 aromatic carbocycles. The monoisotopic (exact) mass is 403 g/mol. The van der Waals surface area contributed by atoms with Crippen molar-refractivity contribution in [1.82, 2.24) is 14.7 Å². The fraction of sp³-hybridized carbons (Fsp3) is 0.333. The Kier molecular flexibility index (Phi) is 4.79. The molecule has 1 aromatic heterocycles. The Morgan fingerprint density at radius 1 is 1.13 bits per heavy atom. The van der Waals surface area contributed by atoms with Crippen LogP contribution < -0.4 is 4.74 Å². The Labute approximate surface area is 175 Å². The van der Waals surface area contributed by atoms with Crippen molar-refractivity contribution in [2.45, 2.75) is 44.6 Å². The second-order valence-electron chi connectivity index (χ2n) is 8.21. The van der Waals surface area contributed by atoms with Gasteiger partial charge in [-0.15, -0.1) is 0 Å². The molecule has 6 heteroatoms. The van der Waals surface area contributed by atoms with Gasteiger partial charge in [0.05, 0.1) is 17.9 Å². The molecule has 0 spiro atoms. The zero-order valence-electron chi connectivity index (χ0n) is 17.0. The molecule has 1 amide bonds. The van der Waals surface area contributed by atoms with Gasteiger partial charge in [-0.05, 0) is 42.0 Å². The van der Waals surface area contributed by atoms with E-state index in [-0.39, 0.29) is 12.0 Å². The largest absolute Gasteiger partial charge is 0.487 e. The van der Waals surface area contributed by atoms with Crippen LogP contribution in [0.15, 0.2) is 54.9 Å². The van der Waals surface area contributed by atoms with E-state index in [9.17, 15) is 9.90 Å². The number of carbonyl (C=O) groups excluding carboxylic acids is 1. The van der Waals surface area contributed by atoms with Crippen LogP contribution in [-0.4, -0.2) is 37.9 Å². The van der Waals surface area contributed by atoms with Gasteiger partial charge >= 0.3 is 0 Å². The normalized spacial score (nSPS) is 20.6. The van der Waals surface area contributed by atoms with Gasteiger partial charge in [-0.2, -0.15) is 5.10 Å². The minimum absolute atomic E-state index is 0.00979. The number of benzene rings is 2. The van der Waals surface area contributed by atoms with E-state index in [0.29, 0.717) is 24.4 Å². The summed E-state index contributed by atoms with van der Waals surface area (Å²) in [5.41, 5.74) is 4.89. The number of fused-ring (bicyclic) bond motifs is 1. The number of aliphatic hydroxyl groups excluding tert-OH is 1. The minimum Gasteiger partial charge on any atom is -0.487 e. The van der Waals surface area contributed by atoms with E-state index in [0.717, 1.165) is 41.5 Å². The molecule has 0 bridgehead atoms. The van der Waals surface area contributed by atoms with Gasteiger partial charge in [-0.1, -0.05) is 36.4 Å². The first-order chi connectivity index (χ1) is 14.6. The molecular weight excluding hydrogens is 378 g/mol. The van der Waals surface area contributed by atoms with Crippen LogP contribution in [-0.2, 0) is 20.1 Å². The first-order valence-corrected chi connectivity index (χ1v) is 10.4. The third-order valence-electron chi connectivity index (χ3n) is 6.04. The average Bonchev–Trinajstić information content (AvgIpc) is 3.44. The lowest BCUT2D eigenvalue weighted by molar-refractivity contribution is 0.0582. The highest BCUT2D eigenvalue weighted by Gasteiger charge is 2.33. The van der Waals surface area contributed by atoms with Crippen LogP contribution in [0.2, 0.25) is 0 Å². The molecule has 2 heterocycles. The van der Waals surface area contributed by atoms with E-state index in [4.69, 9.17) is 4.74 Å². The predicted molar refractivity (Wildman–Crippen MR) is 113 cm³/mol. The number of rotatable bonds is 5. The first-order valence-electron chi connectivity index (χ1n) is 10.4. The van der Waals surface area contributed by atoms with Gasteiger partial charge in [0.1, 0.15) is 11.9 Å². The summed E-state index contributed by atoms with van der Waals surface area (Å²) >= 11 is 0. The molecule has 1 fully saturated rings. The lowest BCUT2D eigenvalue weighted by Crippen LogP contribution is -2.27. The second-order valence-corrected chi connectivity index (χ2v) is 8.21. The van der Waals surface area contributed by atoms with Crippen LogP contribution in [0.4, 0.5) is 0 Å². The minimum atomic E-state index is -0.452. The van der Waals surface area contributed by atoms with Crippen LogP contribution in [0.3, 0.4) is 0 Å². The number of ether oxygens (including phenoxy) is 1. The van der Waals surface area contributed by atoms with E-state index < -0.39 is 6.10 Å². The zero-order valence-corrected chi connectivity index (χ0v) is 17.0. The van der Waals surface area contributed by atoms with E-state index in [1.807, 2.05) is 42.5 Å². The van der Waals surface area contributed by atoms with E-state index in [1.54, 1.807) is 4.68 Å². The number of hydrogen-bond acceptors (Lipinski definition) is 4. The molecule has 0 saturated heterocycles. The number of amides is 1. The van der Waals surface area contributed by atoms with Gasteiger partial charge in [-0.25, -0.2) is 0 Å².